The molecule has 0 saturated heterocycles. The third-order valence-electron chi connectivity index (χ3n) is 2.90. The van der Waals surface area contributed by atoms with Gasteiger partial charge >= 0.3 is 8.56 Å². The minimum absolute atomic E-state index is 0.101. The first-order valence-corrected chi connectivity index (χ1v) is 9.03. The van der Waals surface area contributed by atoms with Crippen molar-refractivity contribution in [2.75, 3.05) is 13.2 Å². The van der Waals surface area contributed by atoms with Gasteiger partial charge in [0, 0.05) is 18.9 Å². The quantitative estimate of drug-likeness (QED) is 0.477. The number of nitrogens with two attached hydrogens (primary N) is 1. The van der Waals surface area contributed by atoms with E-state index in [1.807, 2.05) is 13.8 Å². The van der Waals surface area contributed by atoms with Crippen molar-refractivity contribution >= 4 is 8.56 Å². The molecule has 3 nitrogen and oxygen atoms in total. The average molecular weight is 247 g/mol. The zero-order valence-corrected chi connectivity index (χ0v) is 12.4. The Morgan fingerprint density at radius 1 is 1.00 bits per heavy atom. The van der Waals surface area contributed by atoms with Crippen molar-refractivity contribution in [2.45, 2.75) is 65.1 Å². The molecule has 0 fully saturated rings. The second-order valence-corrected chi connectivity index (χ2v) is 7.69. The summed E-state index contributed by atoms with van der Waals surface area (Å²) < 4.78 is 11.6. The van der Waals surface area contributed by atoms with Crippen molar-refractivity contribution in [1.82, 2.24) is 0 Å². The molecule has 0 aromatic carbocycles. The third-order valence-corrected chi connectivity index (χ3v) is 6.26. The van der Waals surface area contributed by atoms with Crippen LogP contribution in [0.3, 0.4) is 0 Å². The molecule has 0 saturated carbocycles. The second kappa shape index (κ2) is 9.16. The van der Waals surface area contributed by atoms with Crippen molar-refractivity contribution < 1.29 is 8.85 Å². The minimum atomic E-state index is -2.14. The van der Waals surface area contributed by atoms with Gasteiger partial charge in [0.1, 0.15) is 0 Å². The van der Waals surface area contributed by atoms with Crippen LogP contribution in [0.1, 0.15) is 52.9 Å². The Bertz CT molecular complexity index is 161. The summed E-state index contributed by atoms with van der Waals surface area (Å²) in [5.41, 5.74) is 6.32. The van der Waals surface area contributed by atoms with Gasteiger partial charge in [0.2, 0.25) is 0 Å². The maximum Gasteiger partial charge on any atom is 0.352 e. The molecule has 98 valence electrons. The molecule has 0 amide bonds. The molecule has 1 unspecified atom stereocenters. The van der Waals surface area contributed by atoms with E-state index in [1.165, 1.54) is 25.7 Å². The summed E-state index contributed by atoms with van der Waals surface area (Å²) in [7, 11) is -2.14. The molecule has 16 heavy (non-hydrogen) atoms. The Labute approximate surface area is 102 Å². The standard InChI is InChI=1S/C12H29NO2Si/c1-5-8-9-10-11-12(13)16(4,14-6-2)15-7-3/h12H,5-11,13H2,1-4H3. The van der Waals surface area contributed by atoms with Gasteiger partial charge in [0.15, 0.2) is 0 Å². The highest BCUT2D eigenvalue weighted by Crippen LogP contribution is 2.16. The highest BCUT2D eigenvalue weighted by molar-refractivity contribution is 6.67. The van der Waals surface area contributed by atoms with Crippen LogP contribution in [0.4, 0.5) is 0 Å². The molecule has 0 radical (unpaired) electrons. The minimum Gasteiger partial charge on any atom is -0.394 e. The fraction of sp³-hybridized carbons (Fsp3) is 1.00. The van der Waals surface area contributed by atoms with Crippen LogP contribution in [0.25, 0.3) is 0 Å². The molecule has 0 bridgehead atoms. The van der Waals surface area contributed by atoms with E-state index >= 15 is 0 Å². The van der Waals surface area contributed by atoms with Gasteiger partial charge in [-0.15, -0.1) is 0 Å². The summed E-state index contributed by atoms with van der Waals surface area (Å²) in [5, 5.41) is 0. The lowest BCUT2D eigenvalue weighted by atomic mass is 10.1. The number of rotatable bonds is 10. The van der Waals surface area contributed by atoms with Gasteiger partial charge in [-0.2, -0.15) is 0 Å². The first-order valence-electron chi connectivity index (χ1n) is 6.64. The molecule has 0 aliphatic rings. The third kappa shape index (κ3) is 5.99. The van der Waals surface area contributed by atoms with E-state index in [0.717, 1.165) is 6.42 Å². The summed E-state index contributed by atoms with van der Waals surface area (Å²) >= 11 is 0. The van der Waals surface area contributed by atoms with Crippen molar-refractivity contribution in [3.05, 3.63) is 0 Å². The van der Waals surface area contributed by atoms with E-state index < -0.39 is 8.56 Å². The predicted octanol–water partition coefficient (Wildman–Crippen LogP) is 2.97. The lowest BCUT2D eigenvalue weighted by Crippen LogP contribution is -2.55. The Balaban J connectivity index is 4.00. The van der Waals surface area contributed by atoms with Crippen molar-refractivity contribution in [2.24, 2.45) is 5.73 Å². The average Bonchev–Trinajstić information content (AvgIpc) is 2.24. The Kier molecular flexibility index (Phi) is 9.22. The molecule has 0 aliphatic carbocycles. The normalized spacial score (nSPS) is 14.1. The molecule has 4 heteroatoms. The summed E-state index contributed by atoms with van der Waals surface area (Å²) in [5.74, 6) is 0. The van der Waals surface area contributed by atoms with E-state index in [1.54, 1.807) is 0 Å². The highest BCUT2D eigenvalue weighted by atomic mass is 28.4. The van der Waals surface area contributed by atoms with Crippen LogP contribution in [-0.4, -0.2) is 27.4 Å². The van der Waals surface area contributed by atoms with E-state index in [-0.39, 0.29) is 5.67 Å². The number of hydrogen-bond donors (Lipinski definition) is 1. The van der Waals surface area contributed by atoms with Crippen molar-refractivity contribution in [3.63, 3.8) is 0 Å². The van der Waals surface area contributed by atoms with E-state index in [9.17, 15) is 0 Å². The summed E-state index contributed by atoms with van der Waals surface area (Å²) in [6.07, 6.45) is 6.06. The Hall–Kier alpha value is 0.0969. The van der Waals surface area contributed by atoms with Gasteiger partial charge in [0.25, 0.3) is 0 Å². The lowest BCUT2D eigenvalue weighted by molar-refractivity contribution is 0.178. The summed E-state index contributed by atoms with van der Waals surface area (Å²) in [6, 6.07) is 0. The van der Waals surface area contributed by atoms with Crippen LogP contribution in [0, 0.1) is 0 Å². The van der Waals surface area contributed by atoms with Gasteiger partial charge in [-0.3, -0.25) is 0 Å². The number of unbranched alkanes of at least 4 members (excludes halogenated alkanes) is 3. The zero-order valence-electron chi connectivity index (χ0n) is 11.4. The zero-order chi connectivity index (χ0) is 12.4. The second-order valence-electron chi connectivity index (χ2n) is 4.34. The molecule has 2 N–H and O–H groups in total. The number of hydrogen-bond acceptors (Lipinski definition) is 3. The molecule has 0 spiro atoms. The van der Waals surface area contributed by atoms with Crippen LogP contribution in [0.15, 0.2) is 0 Å². The highest BCUT2D eigenvalue weighted by Gasteiger charge is 2.37. The molecular weight excluding hydrogens is 218 g/mol. The summed E-state index contributed by atoms with van der Waals surface area (Å²) in [4.78, 5) is 0. The van der Waals surface area contributed by atoms with Gasteiger partial charge in [-0.1, -0.05) is 32.6 Å². The van der Waals surface area contributed by atoms with Crippen LogP contribution in [0.2, 0.25) is 6.55 Å². The molecule has 0 aromatic rings. The predicted molar refractivity (Wildman–Crippen MR) is 71.6 cm³/mol. The van der Waals surface area contributed by atoms with E-state index in [2.05, 4.69) is 13.5 Å². The largest absolute Gasteiger partial charge is 0.394 e. The van der Waals surface area contributed by atoms with Gasteiger partial charge in [-0.25, -0.2) is 0 Å². The smallest absolute Gasteiger partial charge is 0.352 e. The summed E-state index contributed by atoms with van der Waals surface area (Å²) in [6.45, 7) is 9.72. The molecule has 0 rings (SSSR count). The molecule has 0 aliphatic heterocycles. The molecular formula is C12H29NO2Si. The molecule has 0 aromatic heterocycles. The monoisotopic (exact) mass is 247 g/mol. The van der Waals surface area contributed by atoms with Crippen LogP contribution < -0.4 is 5.73 Å². The van der Waals surface area contributed by atoms with Crippen LogP contribution in [0.5, 0.6) is 0 Å². The van der Waals surface area contributed by atoms with E-state index in [0.29, 0.717) is 13.2 Å². The first-order chi connectivity index (χ1) is 7.60. The van der Waals surface area contributed by atoms with E-state index in [4.69, 9.17) is 14.6 Å². The first kappa shape index (κ1) is 16.1. The van der Waals surface area contributed by atoms with Crippen LogP contribution >= 0.6 is 0 Å². The van der Waals surface area contributed by atoms with Crippen molar-refractivity contribution in [3.8, 4) is 0 Å². The van der Waals surface area contributed by atoms with Crippen LogP contribution in [-0.2, 0) is 8.85 Å². The fourth-order valence-electron chi connectivity index (χ4n) is 1.88. The van der Waals surface area contributed by atoms with Gasteiger partial charge in [-0.05, 0) is 26.8 Å². The van der Waals surface area contributed by atoms with Gasteiger partial charge in [0.05, 0.1) is 0 Å². The fourth-order valence-corrected chi connectivity index (χ4v) is 4.27. The SMILES string of the molecule is CCCCCCC(N)[Si](C)(OCC)OCC. The Morgan fingerprint density at radius 2 is 1.56 bits per heavy atom. The maximum atomic E-state index is 6.22. The van der Waals surface area contributed by atoms with Gasteiger partial charge < -0.3 is 14.6 Å². The lowest BCUT2D eigenvalue weighted by Gasteiger charge is -2.31. The maximum absolute atomic E-state index is 6.22. The Morgan fingerprint density at radius 3 is 2.00 bits per heavy atom. The van der Waals surface area contributed by atoms with Crippen molar-refractivity contribution in [1.29, 1.82) is 0 Å². The topological polar surface area (TPSA) is 44.5 Å². The molecule has 1 atom stereocenters. The molecule has 0 heterocycles.